The van der Waals surface area contributed by atoms with E-state index >= 15 is 0 Å². The minimum absolute atomic E-state index is 0.0239. The number of halogens is 2. The maximum Gasteiger partial charge on any atom is 0.246 e. The Morgan fingerprint density at radius 1 is 1.03 bits per heavy atom. The van der Waals surface area contributed by atoms with Gasteiger partial charge in [-0.1, -0.05) is 48.5 Å². The van der Waals surface area contributed by atoms with Gasteiger partial charge >= 0.3 is 0 Å². The Bertz CT molecular complexity index is 1320. The number of nitrogens with zero attached hydrogens (tertiary/aromatic N) is 2. The first-order chi connectivity index (χ1) is 17.7. The van der Waals surface area contributed by atoms with Crippen LogP contribution in [0.2, 0.25) is 0 Å². The molecule has 9 heteroatoms. The average molecular weight is 529 g/mol. The van der Waals surface area contributed by atoms with E-state index in [9.17, 15) is 22.0 Å². The number of para-hydroxylation sites is 1. The van der Waals surface area contributed by atoms with Gasteiger partial charge in [-0.05, 0) is 42.7 Å². The third kappa shape index (κ3) is 6.53. The molecule has 1 atom stereocenters. The van der Waals surface area contributed by atoms with Crippen LogP contribution < -0.4 is 4.74 Å². The van der Waals surface area contributed by atoms with Crippen molar-refractivity contribution in [3.8, 4) is 5.75 Å². The number of amides is 1. The maximum absolute atomic E-state index is 14.5. The number of hydrogen-bond acceptors (Lipinski definition) is 4. The summed E-state index contributed by atoms with van der Waals surface area (Å²) in [5, 5.41) is 0. The molecule has 3 aromatic carbocycles. The normalized spacial score (nSPS) is 18.4. The first-order valence-corrected chi connectivity index (χ1v) is 13.5. The first-order valence-electron chi connectivity index (χ1n) is 12.1. The number of ether oxygens (including phenoxy) is 1. The largest absolute Gasteiger partial charge is 0.493 e. The Labute approximate surface area is 216 Å². The minimum Gasteiger partial charge on any atom is -0.493 e. The fourth-order valence-corrected chi connectivity index (χ4v) is 6.30. The molecule has 0 saturated carbocycles. The summed E-state index contributed by atoms with van der Waals surface area (Å²) >= 11 is 0. The highest BCUT2D eigenvalue weighted by atomic mass is 32.2. The van der Waals surface area contributed by atoms with E-state index in [0.29, 0.717) is 31.2 Å². The van der Waals surface area contributed by atoms with Gasteiger partial charge in [0.05, 0.1) is 6.61 Å². The Balaban J connectivity index is 1.58. The number of carbonyl (C=O) groups excluding carboxylic acids is 1. The summed E-state index contributed by atoms with van der Waals surface area (Å²) < 4.78 is 61.8. The standard InChI is InChI=1S/C28H30F2N2O4S/c1-31(19-22-9-4-2-5-10-22)27(33)18-28(21-36-24-11-6-3-7-12-24)15-8-16-32(20-28)37(34,35)26-14-13-23(29)17-25(26)30/h2-7,9-14,17H,8,15-16,18-21H2,1H3. The van der Waals surface area contributed by atoms with Crippen molar-refractivity contribution in [3.63, 3.8) is 0 Å². The van der Waals surface area contributed by atoms with E-state index in [-0.39, 0.29) is 32.0 Å². The van der Waals surface area contributed by atoms with Gasteiger partial charge in [-0.2, -0.15) is 4.31 Å². The van der Waals surface area contributed by atoms with Crippen molar-refractivity contribution >= 4 is 15.9 Å². The molecule has 1 fully saturated rings. The highest BCUT2D eigenvalue weighted by molar-refractivity contribution is 7.89. The molecule has 0 spiro atoms. The second kappa shape index (κ2) is 11.4. The molecule has 1 saturated heterocycles. The molecule has 1 unspecified atom stereocenters. The molecular formula is C28H30F2N2O4S. The Morgan fingerprint density at radius 3 is 2.38 bits per heavy atom. The Morgan fingerprint density at radius 2 is 1.70 bits per heavy atom. The molecule has 3 aromatic rings. The summed E-state index contributed by atoms with van der Waals surface area (Å²) in [5.41, 5.74) is 0.146. The van der Waals surface area contributed by atoms with Gasteiger partial charge < -0.3 is 9.64 Å². The van der Waals surface area contributed by atoms with E-state index in [1.165, 1.54) is 4.31 Å². The summed E-state index contributed by atoms with van der Waals surface area (Å²) in [6, 6.07) is 21.1. The van der Waals surface area contributed by atoms with Crippen LogP contribution in [0.1, 0.15) is 24.8 Å². The summed E-state index contributed by atoms with van der Waals surface area (Å²) in [5.74, 6) is -1.53. The van der Waals surface area contributed by atoms with E-state index in [1.807, 2.05) is 48.5 Å². The van der Waals surface area contributed by atoms with E-state index < -0.39 is 32.0 Å². The molecule has 1 amide bonds. The summed E-state index contributed by atoms with van der Waals surface area (Å²) in [6.45, 7) is 0.669. The molecule has 0 bridgehead atoms. The van der Waals surface area contributed by atoms with Gasteiger partial charge in [-0.3, -0.25) is 4.79 Å². The lowest BCUT2D eigenvalue weighted by Gasteiger charge is -2.42. The quantitative estimate of drug-likeness (QED) is 0.398. The van der Waals surface area contributed by atoms with Crippen LogP contribution in [0.5, 0.6) is 5.75 Å². The number of hydrogen-bond donors (Lipinski definition) is 0. The second-order valence-corrected chi connectivity index (χ2v) is 11.4. The molecule has 6 nitrogen and oxygen atoms in total. The molecule has 1 aliphatic heterocycles. The second-order valence-electron chi connectivity index (χ2n) is 9.53. The average Bonchev–Trinajstić information content (AvgIpc) is 2.88. The van der Waals surface area contributed by atoms with Crippen molar-refractivity contribution in [3.05, 3.63) is 96.1 Å². The van der Waals surface area contributed by atoms with Crippen LogP contribution in [0.3, 0.4) is 0 Å². The number of carbonyl (C=O) groups is 1. The van der Waals surface area contributed by atoms with Gasteiger partial charge in [0, 0.05) is 44.6 Å². The highest BCUT2D eigenvalue weighted by Crippen LogP contribution is 2.37. The minimum atomic E-state index is -4.26. The van der Waals surface area contributed by atoms with E-state index in [1.54, 1.807) is 24.1 Å². The number of piperidine rings is 1. The highest BCUT2D eigenvalue weighted by Gasteiger charge is 2.43. The topological polar surface area (TPSA) is 66.9 Å². The van der Waals surface area contributed by atoms with Crippen LogP contribution >= 0.6 is 0 Å². The van der Waals surface area contributed by atoms with E-state index in [2.05, 4.69) is 0 Å². The molecule has 37 heavy (non-hydrogen) atoms. The van der Waals surface area contributed by atoms with Crippen molar-refractivity contribution in [2.75, 3.05) is 26.7 Å². The van der Waals surface area contributed by atoms with Crippen molar-refractivity contribution in [2.24, 2.45) is 5.41 Å². The van der Waals surface area contributed by atoms with E-state index in [0.717, 1.165) is 17.7 Å². The van der Waals surface area contributed by atoms with Crippen LogP contribution in [0.4, 0.5) is 8.78 Å². The molecule has 4 rings (SSSR count). The van der Waals surface area contributed by atoms with Gasteiger partial charge in [-0.25, -0.2) is 17.2 Å². The Kier molecular flexibility index (Phi) is 8.24. The molecule has 1 aliphatic rings. The third-order valence-electron chi connectivity index (χ3n) is 6.64. The predicted octanol–water partition coefficient (Wildman–Crippen LogP) is 4.86. The van der Waals surface area contributed by atoms with Gasteiger partial charge in [0.1, 0.15) is 22.3 Å². The Hall–Kier alpha value is -3.30. The smallest absolute Gasteiger partial charge is 0.246 e. The fraction of sp³-hybridized carbons (Fsp3) is 0.321. The predicted molar refractivity (Wildman–Crippen MR) is 136 cm³/mol. The van der Waals surface area contributed by atoms with Crippen LogP contribution in [0.25, 0.3) is 0 Å². The van der Waals surface area contributed by atoms with E-state index in [4.69, 9.17) is 4.74 Å². The van der Waals surface area contributed by atoms with Crippen molar-refractivity contribution < 1.29 is 26.7 Å². The SMILES string of the molecule is CN(Cc1ccccc1)C(=O)CC1(COc2ccccc2)CCCN(S(=O)(=O)c2ccc(F)cc2F)C1. The van der Waals surface area contributed by atoms with Crippen molar-refractivity contribution in [2.45, 2.75) is 30.7 Å². The number of benzene rings is 3. The van der Waals surface area contributed by atoms with Gasteiger partial charge in [0.2, 0.25) is 15.9 Å². The van der Waals surface area contributed by atoms with Crippen LogP contribution in [-0.4, -0.2) is 50.3 Å². The molecule has 196 valence electrons. The molecule has 0 aromatic heterocycles. The zero-order chi connectivity index (χ0) is 26.5. The van der Waals surface area contributed by atoms with Crippen LogP contribution in [0, 0.1) is 17.0 Å². The summed E-state index contributed by atoms with van der Waals surface area (Å²) in [4.78, 5) is 14.4. The van der Waals surface area contributed by atoms with Crippen LogP contribution in [-0.2, 0) is 21.4 Å². The van der Waals surface area contributed by atoms with Crippen molar-refractivity contribution in [1.29, 1.82) is 0 Å². The number of sulfonamides is 1. The molecule has 0 radical (unpaired) electrons. The molecule has 0 aliphatic carbocycles. The molecule has 0 N–H and O–H groups in total. The third-order valence-corrected chi connectivity index (χ3v) is 8.52. The van der Waals surface area contributed by atoms with Gasteiger partial charge in [0.15, 0.2) is 0 Å². The molecule has 1 heterocycles. The summed E-state index contributed by atoms with van der Waals surface area (Å²) in [7, 11) is -2.54. The zero-order valence-corrected chi connectivity index (χ0v) is 21.5. The zero-order valence-electron chi connectivity index (χ0n) is 20.6. The lowest BCUT2D eigenvalue weighted by Crippen LogP contribution is -2.50. The monoisotopic (exact) mass is 528 g/mol. The van der Waals surface area contributed by atoms with Crippen molar-refractivity contribution in [1.82, 2.24) is 9.21 Å². The lowest BCUT2D eigenvalue weighted by atomic mass is 9.78. The number of rotatable bonds is 9. The fourth-order valence-electron chi connectivity index (χ4n) is 4.66. The first kappa shape index (κ1) is 26.8. The lowest BCUT2D eigenvalue weighted by molar-refractivity contribution is -0.134. The van der Waals surface area contributed by atoms with Gasteiger partial charge in [0.25, 0.3) is 0 Å². The molecular weight excluding hydrogens is 498 g/mol. The maximum atomic E-state index is 14.5. The van der Waals surface area contributed by atoms with Gasteiger partial charge in [-0.15, -0.1) is 0 Å². The summed E-state index contributed by atoms with van der Waals surface area (Å²) in [6.07, 6.45) is 1.08. The van der Waals surface area contributed by atoms with Crippen LogP contribution in [0.15, 0.2) is 83.8 Å².